The summed E-state index contributed by atoms with van der Waals surface area (Å²) in [5, 5.41) is 17.6. The van der Waals surface area contributed by atoms with E-state index in [2.05, 4.69) is 10.5 Å². The summed E-state index contributed by atoms with van der Waals surface area (Å²) in [6.07, 6.45) is 1.16. The van der Waals surface area contributed by atoms with Gasteiger partial charge in [-0.15, -0.1) is 0 Å². The Bertz CT molecular complexity index is 717. The van der Waals surface area contributed by atoms with Crippen LogP contribution in [0, 0.1) is 0 Å². The van der Waals surface area contributed by atoms with Gasteiger partial charge < -0.3 is 24.6 Å². The summed E-state index contributed by atoms with van der Waals surface area (Å²) in [7, 11) is 1.62. The first kappa shape index (κ1) is 16.7. The molecule has 1 saturated heterocycles. The molecule has 0 radical (unpaired) electrons. The van der Waals surface area contributed by atoms with Crippen LogP contribution in [0.15, 0.2) is 28.8 Å². The Morgan fingerprint density at radius 1 is 1.54 bits per heavy atom. The van der Waals surface area contributed by atoms with Crippen molar-refractivity contribution in [3.05, 3.63) is 30.0 Å². The number of para-hydroxylation sites is 1. The van der Waals surface area contributed by atoms with E-state index in [1.807, 2.05) is 31.2 Å². The second-order valence-corrected chi connectivity index (χ2v) is 6.43. The van der Waals surface area contributed by atoms with Crippen LogP contribution in [0.3, 0.4) is 0 Å². The number of carbonyl (C=O) groups is 1. The van der Waals surface area contributed by atoms with E-state index in [0.29, 0.717) is 25.9 Å². The molecule has 1 aromatic carbocycles. The first-order valence-electron chi connectivity index (χ1n) is 8.10. The van der Waals surface area contributed by atoms with Crippen molar-refractivity contribution in [2.75, 3.05) is 26.8 Å². The fourth-order valence-electron chi connectivity index (χ4n) is 3.23. The van der Waals surface area contributed by atoms with E-state index in [9.17, 15) is 9.90 Å². The van der Waals surface area contributed by atoms with Crippen molar-refractivity contribution in [1.82, 2.24) is 15.4 Å². The number of ether oxygens (including phenoxy) is 1. The third kappa shape index (κ3) is 3.09. The lowest BCUT2D eigenvalue weighted by Crippen LogP contribution is -2.52. The number of fused-ring (bicyclic) bond motifs is 1. The number of hydrogen-bond acceptors (Lipinski definition) is 5. The molecule has 1 fully saturated rings. The Balaban J connectivity index is 1.59. The Kier molecular flexibility index (Phi) is 4.73. The van der Waals surface area contributed by atoms with Gasteiger partial charge in [-0.1, -0.05) is 17.3 Å². The average Bonchev–Trinajstić information content (AvgIpc) is 3.16. The zero-order chi connectivity index (χ0) is 17.2. The molecular weight excluding hydrogens is 310 g/mol. The van der Waals surface area contributed by atoms with E-state index in [0.717, 1.165) is 16.7 Å². The molecule has 2 amide bonds. The van der Waals surface area contributed by atoms with Crippen LogP contribution < -0.4 is 5.32 Å². The quantitative estimate of drug-likeness (QED) is 0.867. The number of aliphatic hydroxyl groups excluding tert-OH is 1. The van der Waals surface area contributed by atoms with E-state index in [4.69, 9.17) is 9.26 Å². The van der Waals surface area contributed by atoms with Gasteiger partial charge in [-0.05, 0) is 19.1 Å². The van der Waals surface area contributed by atoms with Gasteiger partial charge in [0.05, 0.1) is 23.9 Å². The molecule has 1 aliphatic heterocycles. The number of aliphatic hydroxyl groups is 1. The van der Waals surface area contributed by atoms with Gasteiger partial charge in [0.1, 0.15) is 0 Å². The summed E-state index contributed by atoms with van der Waals surface area (Å²) in [6.45, 7) is 2.71. The molecule has 0 spiro atoms. The third-order valence-corrected chi connectivity index (χ3v) is 4.71. The highest BCUT2D eigenvalue weighted by atomic mass is 16.5. The van der Waals surface area contributed by atoms with Crippen LogP contribution >= 0.6 is 0 Å². The second kappa shape index (κ2) is 6.78. The fourth-order valence-corrected chi connectivity index (χ4v) is 3.23. The van der Waals surface area contributed by atoms with E-state index >= 15 is 0 Å². The molecule has 3 rings (SSSR count). The van der Waals surface area contributed by atoms with Gasteiger partial charge >= 0.3 is 6.03 Å². The Labute approximate surface area is 140 Å². The van der Waals surface area contributed by atoms with Crippen LogP contribution in [-0.2, 0) is 11.2 Å². The summed E-state index contributed by atoms with van der Waals surface area (Å²) >= 11 is 0. The number of methoxy groups -OCH3 is 1. The lowest BCUT2D eigenvalue weighted by Gasteiger charge is -2.33. The average molecular weight is 333 g/mol. The molecule has 1 aromatic heterocycles. The van der Waals surface area contributed by atoms with Crippen molar-refractivity contribution in [2.24, 2.45) is 0 Å². The minimum atomic E-state index is -0.592. The standard InChI is InChI=1S/C17H23N3O4/c1-17(11-21)9-12(23-2)10-20(17)16(22)18-8-7-14-13-5-3-4-6-15(13)24-19-14/h3-6,12,21H,7-11H2,1-2H3,(H,18,22). The molecular formula is C17H23N3O4. The van der Waals surface area contributed by atoms with E-state index in [-0.39, 0.29) is 18.7 Å². The molecule has 0 bridgehead atoms. The Morgan fingerprint density at radius 2 is 2.33 bits per heavy atom. The predicted octanol–water partition coefficient (Wildman–Crippen LogP) is 1.55. The first-order valence-corrected chi connectivity index (χ1v) is 8.10. The number of likely N-dealkylation sites (tertiary alicyclic amines) is 1. The normalized spacial score (nSPS) is 23.8. The van der Waals surface area contributed by atoms with Crippen molar-refractivity contribution in [1.29, 1.82) is 0 Å². The van der Waals surface area contributed by atoms with Gasteiger partial charge in [-0.3, -0.25) is 0 Å². The van der Waals surface area contributed by atoms with E-state index < -0.39 is 5.54 Å². The molecule has 0 aliphatic carbocycles. The number of amides is 2. The number of hydrogen-bond donors (Lipinski definition) is 2. The number of nitrogens with zero attached hydrogens (tertiary/aromatic N) is 2. The number of benzene rings is 1. The summed E-state index contributed by atoms with van der Waals surface area (Å²) in [4.78, 5) is 14.1. The SMILES string of the molecule is COC1CN(C(=O)NCCc2noc3ccccc23)C(C)(CO)C1. The van der Waals surface area contributed by atoms with Crippen molar-refractivity contribution in [3.63, 3.8) is 0 Å². The van der Waals surface area contributed by atoms with Gasteiger partial charge in [0.25, 0.3) is 0 Å². The summed E-state index contributed by atoms with van der Waals surface area (Å²) in [5.74, 6) is 0. The van der Waals surface area contributed by atoms with Crippen LogP contribution in [0.1, 0.15) is 19.0 Å². The molecule has 2 aromatic rings. The van der Waals surface area contributed by atoms with Crippen LogP contribution in [0.4, 0.5) is 4.79 Å². The van der Waals surface area contributed by atoms with Gasteiger partial charge in [-0.25, -0.2) is 4.79 Å². The largest absolute Gasteiger partial charge is 0.394 e. The number of rotatable bonds is 5. The number of nitrogens with one attached hydrogen (secondary N) is 1. The van der Waals surface area contributed by atoms with Gasteiger partial charge in [0.15, 0.2) is 5.58 Å². The number of urea groups is 1. The highest BCUT2D eigenvalue weighted by molar-refractivity contribution is 5.79. The topological polar surface area (TPSA) is 87.8 Å². The summed E-state index contributed by atoms with van der Waals surface area (Å²) < 4.78 is 10.6. The van der Waals surface area contributed by atoms with Crippen LogP contribution in [0.2, 0.25) is 0 Å². The summed E-state index contributed by atoms with van der Waals surface area (Å²) in [6, 6.07) is 7.46. The molecule has 2 heterocycles. The molecule has 7 heteroatoms. The lowest BCUT2D eigenvalue weighted by molar-refractivity contribution is 0.0950. The Morgan fingerprint density at radius 3 is 3.08 bits per heavy atom. The molecule has 2 N–H and O–H groups in total. The highest BCUT2D eigenvalue weighted by Gasteiger charge is 2.44. The van der Waals surface area contributed by atoms with Crippen LogP contribution in [-0.4, -0.2) is 59.6 Å². The monoisotopic (exact) mass is 333 g/mol. The smallest absolute Gasteiger partial charge is 0.318 e. The van der Waals surface area contributed by atoms with Gasteiger partial charge in [0, 0.05) is 38.4 Å². The summed E-state index contributed by atoms with van der Waals surface area (Å²) in [5.41, 5.74) is 0.979. The van der Waals surface area contributed by atoms with Crippen molar-refractivity contribution in [2.45, 2.75) is 31.4 Å². The molecule has 2 atom stereocenters. The lowest BCUT2D eigenvalue weighted by atomic mass is 10.00. The molecule has 130 valence electrons. The number of aromatic nitrogens is 1. The molecule has 7 nitrogen and oxygen atoms in total. The maximum absolute atomic E-state index is 12.5. The predicted molar refractivity (Wildman–Crippen MR) is 88.7 cm³/mol. The van der Waals surface area contributed by atoms with Gasteiger partial charge in [-0.2, -0.15) is 0 Å². The van der Waals surface area contributed by atoms with E-state index in [1.165, 1.54) is 0 Å². The third-order valence-electron chi connectivity index (χ3n) is 4.71. The maximum atomic E-state index is 12.5. The minimum absolute atomic E-state index is 0.0487. The Hall–Kier alpha value is -2.12. The first-order chi connectivity index (χ1) is 11.6. The molecule has 1 aliphatic rings. The van der Waals surface area contributed by atoms with Crippen LogP contribution in [0.5, 0.6) is 0 Å². The second-order valence-electron chi connectivity index (χ2n) is 6.43. The fraction of sp³-hybridized carbons (Fsp3) is 0.529. The molecule has 24 heavy (non-hydrogen) atoms. The zero-order valence-electron chi connectivity index (χ0n) is 14.0. The molecule has 2 unspecified atom stereocenters. The van der Waals surface area contributed by atoms with Crippen molar-refractivity contribution in [3.8, 4) is 0 Å². The highest BCUT2D eigenvalue weighted by Crippen LogP contribution is 2.30. The van der Waals surface area contributed by atoms with Crippen LogP contribution in [0.25, 0.3) is 11.0 Å². The van der Waals surface area contributed by atoms with Gasteiger partial charge in [0.2, 0.25) is 0 Å². The maximum Gasteiger partial charge on any atom is 0.318 e. The zero-order valence-corrected chi connectivity index (χ0v) is 14.0. The number of carbonyl (C=O) groups excluding carboxylic acids is 1. The van der Waals surface area contributed by atoms with Crippen molar-refractivity contribution < 1.29 is 19.2 Å². The molecule has 0 saturated carbocycles. The minimum Gasteiger partial charge on any atom is -0.394 e. The van der Waals surface area contributed by atoms with E-state index in [1.54, 1.807) is 12.0 Å². The van der Waals surface area contributed by atoms with Crippen molar-refractivity contribution >= 4 is 17.0 Å².